The molecule has 112 valence electrons. The number of nitrogens with two attached hydrogens (primary N) is 1. The summed E-state index contributed by atoms with van der Waals surface area (Å²) in [6.45, 7) is 2.71. The highest BCUT2D eigenvalue weighted by Gasteiger charge is 2.32. The maximum Gasteiger partial charge on any atom is 0.211 e. The number of likely N-dealkylation sites (N-methyl/N-ethyl adjacent to an activating group) is 1. The predicted octanol–water partition coefficient (Wildman–Crippen LogP) is 1.92. The van der Waals surface area contributed by atoms with Gasteiger partial charge in [-0.25, -0.2) is 4.99 Å². The second-order valence-corrected chi connectivity index (χ2v) is 6.48. The lowest BCUT2D eigenvalue weighted by Crippen LogP contribution is -2.51. The van der Waals surface area contributed by atoms with E-state index in [4.69, 9.17) is 10.5 Å². The average molecular weight is 351 g/mol. The quantitative estimate of drug-likeness (QED) is 0.812. The summed E-state index contributed by atoms with van der Waals surface area (Å²) < 4.78 is 6.55. The van der Waals surface area contributed by atoms with E-state index >= 15 is 0 Å². The van der Waals surface area contributed by atoms with Gasteiger partial charge in [-0.15, -0.1) is 0 Å². The smallest absolute Gasteiger partial charge is 0.211 e. The Hall–Kier alpha value is -1.53. The van der Waals surface area contributed by atoms with Gasteiger partial charge in [0, 0.05) is 31.8 Å². The third-order valence-corrected chi connectivity index (χ3v) is 4.25. The van der Waals surface area contributed by atoms with E-state index in [9.17, 15) is 0 Å². The normalized spacial score (nSPS) is 23.7. The van der Waals surface area contributed by atoms with Crippen LogP contribution in [-0.2, 0) is 12.2 Å². The SMILES string of the molecule is CC1=CC(N(C)C)=NC(N)(c2cc(Br)c3c(c2)CCO3)N1. The van der Waals surface area contributed by atoms with Crippen molar-refractivity contribution in [3.05, 3.63) is 39.5 Å². The molecule has 0 saturated carbocycles. The van der Waals surface area contributed by atoms with Crippen LogP contribution in [-0.4, -0.2) is 31.4 Å². The highest BCUT2D eigenvalue weighted by molar-refractivity contribution is 9.10. The van der Waals surface area contributed by atoms with Crippen LogP contribution in [0.15, 0.2) is 33.4 Å². The molecule has 0 fully saturated rings. The molecule has 0 aliphatic carbocycles. The summed E-state index contributed by atoms with van der Waals surface area (Å²) in [5.41, 5.74) is 9.61. The number of allylic oxidation sites excluding steroid dienone is 1. The molecule has 6 heteroatoms. The van der Waals surface area contributed by atoms with Gasteiger partial charge in [0.15, 0.2) is 0 Å². The number of ether oxygens (including phenoxy) is 1. The second kappa shape index (κ2) is 5.03. The van der Waals surface area contributed by atoms with E-state index in [2.05, 4.69) is 32.3 Å². The number of fused-ring (bicyclic) bond motifs is 1. The van der Waals surface area contributed by atoms with Crippen molar-refractivity contribution in [2.75, 3.05) is 20.7 Å². The molecule has 1 unspecified atom stereocenters. The lowest BCUT2D eigenvalue weighted by molar-refractivity contribution is 0.354. The molecule has 0 bridgehead atoms. The highest BCUT2D eigenvalue weighted by Crippen LogP contribution is 2.37. The molecule has 3 N–H and O–H groups in total. The first kappa shape index (κ1) is 14.4. The van der Waals surface area contributed by atoms with Gasteiger partial charge in [-0.05, 0) is 46.6 Å². The molecule has 1 atom stereocenters. The summed E-state index contributed by atoms with van der Waals surface area (Å²) >= 11 is 3.57. The zero-order valence-corrected chi connectivity index (χ0v) is 14.0. The minimum atomic E-state index is -0.960. The monoisotopic (exact) mass is 350 g/mol. The van der Waals surface area contributed by atoms with Gasteiger partial charge in [0.05, 0.1) is 11.1 Å². The van der Waals surface area contributed by atoms with Crippen LogP contribution in [0.3, 0.4) is 0 Å². The Kier molecular flexibility index (Phi) is 3.45. The molecule has 1 aromatic rings. The zero-order chi connectivity index (χ0) is 15.2. The number of nitrogens with one attached hydrogen (secondary N) is 1. The first-order chi connectivity index (χ1) is 9.89. The maximum atomic E-state index is 6.53. The molecule has 0 radical (unpaired) electrons. The molecule has 2 aliphatic heterocycles. The van der Waals surface area contributed by atoms with Crippen LogP contribution in [0, 0.1) is 0 Å². The minimum absolute atomic E-state index is 0.716. The van der Waals surface area contributed by atoms with Crippen LogP contribution < -0.4 is 15.8 Å². The van der Waals surface area contributed by atoms with E-state index in [1.165, 1.54) is 5.56 Å². The summed E-state index contributed by atoms with van der Waals surface area (Å²) in [7, 11) is 3.92. The van der Waals surface area contributed by atoms with Crippen LogP contribution in [0.5, 0.6) is 5.75 Å². The lowest BCUT2D eigenvalue weighted by Gasteiger charge is -2.34. The number of benzene rings is 1. The van der Waals surface area contributed by atoms with E-state index in [0.717, 1.165) is 33.7 Å². The van der Waals surface area contributed by atoms with Crippen molar-refractivity contribution in [1.82, 2.24) is 10.2 Å². The van der Waals surface area contributed by atoms with Gasteiger partial charge >= 0.3 is 0 Å². The first-order valence-electron chi connectivity index (χ1n) is 6.87. The molecule has 0 amide bonds. The van der Waals surface area contributed by atoms with E-state index in [-0.39, 0.29) is 0 Å². The largest absolute Gasteiger partial charge is 0.492 e. The standard InChI is InChI=1S/C15H19BrN4O/c1-9-6-13(20(2)3)19-15(17,18-9)11-7-10-4-5-21-14(10)12(16)8-11/h6-8,18H,4-5,17H2,1-3H3. The van der Waals surface area contributed by atoms with Crippen molar-refractivity contribution < 1.29 is 4.74 Å². The molecule has 5 nitrogen and oxygen atoms in total. The molecule has 2 heterocycles. The summed E-state index contributed by atoms with van der Waals surface area (Å²) in [4.78, 5) is 6.63. The van der Waals surface area contributed by atoms with Gasteiger partial charge < -0.3 is 15.0 Å². The number of hydrogen-bond acceptors (Lipinski definition) is 5. The van der Waals surface area contributed by atoms with E-state index < -0.39 is 5.79 Å². The fraction of sp³-hybridized carbons (Fsp3) is 0.400. The van der Waals surface area contributed by atoms with Crippen molar-refractivity contribution in [1.29, 1.82) is 0 Å². The number of rotatable bonds is 1. The van der Waals surface area contributed by atoms with E-state index in [0.29, 0.717) is 6.61 Å². The molecule has 2 aliphatic rings. The Morgan fingerprint density at radius 2 is 2.19 bits per heavy atom. The molecular weight excluding hydrogens is 332 g/mol. The van der Waals surface area contributed by atoms with Gasteiger partial charge in [0.2, 0.25) is 5.79 Å². The van der Waals surface area contributed by atoms with Crippen LogP contribution in [0.2, 0.25) is 0 Å². The number of nitrogens with zero attached hydrogens (tertiary/aromatic N) is 2. The molecular formula is C15H19BrN4O. The zero-order valence-electron chi connectivity index (χ0n) is 12.4. The van der Waals surface area contributed by atoms with Crippen molar-refractivity contribution in [3.8, 4) is 5.75 Å². The van der Waals surface area contributed by atoms with Crippen molar-refractivity contribution in [3.63, 3.8) is 0 Å². The Balaban J connectivity index is 2.07. The highest BCUT2D eigenvalue weighted by atomic mass is 79.9. The van der Waals surface area contributed by atoms with Crippen LogP contribution >= 0.6 is 15.9 Å². The van der Waals surface area contributed by atoms with Gasteiger partial charge in [-0.1, -0.05) is 0 Å². The minimum Gasteiger partial charge on any atom is -0.492 e. The summed E-state index contributed by atoms with van der Waals surface area (Å²) in [6.07, 6.45) is 2.88. The Morgan fingerprint density at radius 3 is 2.90 bits per heavy atom. The lowest BCUT2D eigenvalue weighted by atomic mass is 10.0. The molecule has 0 saturated heterocycles. The average Bonchev–Trinajstić information content (AvgIpc) is 2.86. The van der Waals surface area contributed by atoms with Gasteiger partial charge in [0.25, 0.3) is 0 Å². The van der Waals surface area contributed by atoms with Gasteiger partial charge in [-0.3, -0.25) is 5.73 Å². The summed E-state index contributed by atoms with van der Waals surface area (Å²) in [6, 6.07) is 4.06. The van der Waals surface area contributed by atoms with Crippen molar-refractivity contribution >= 4 is 21.8 Å². The number of amidine groups is 1. The Labute approximate surface area is 133 Å². The van der Waals surface area contributed by atoms with Crippen molar-refractivity contribution in [2.45, 2.75) is 19.1 Å². The summed E-state index contributed by atoms with van der Waals surface area (Å²) in [5, 5.41) is 3.28. The number of hydrogen-bond donors (Lipinski definition) is 2. The third kappa shape index (κ3) is 2.53. The van der Waals surface area contributed by atoms with Gasteiger partial charge in [0.1, 0.15) is 11.6 Å². The number of aliphatic imine (C=N–C) groups is 1. The fourth-order valence-electron chi connectivity index (χ4n) is 2.62. The van der Waals surface area contributed by atoms with Crippen LogP contribution in [0.25, 0.3) is 0 Å². The molecule has 3 rings (SSSR count). The fourth-order valence-corrected chi connectivity index (χ4v) is 3.23. The predicted molar refractivity (Wildman–Crippen MR) is 87.2 cm³/mol. The van der Waals surface area contributed by atoms with Gasteiger partial charge in [-0.2, -0.15) is 0 Å². The maximum absolute atomic E-state index is 6.53. The second-order valence-electron chi connectivity index (χ2n) is 5.63. The Morgan fingerprint density at radius 1 is 1.43 bits per heavy atom. The third-order valence-electron chi connectivity index (χ3n) is 3.66. The number of halogens is 1. The van der Waals surface area contributed by atoms with Crippen LogP contribution in [0.1, 0.15) is 18.1 Å². The van der Waals surface area contributed by atoms with E-state index in [1.54, 1.807) is 0 Å². The van der Waals surface area contributed by atoms with E-state index in [1.807, 2.05) is 38.1 Å². The first-order valence-corrected chi connectivity index (χ1v) is 7.66. The molecule has 0 aromatic heterocycles. The topological polar surface area (TPSA) is 62.9 Å². The van der Waals surface area contributed by atoms with Crippen LogP contribution in [0.4, 0.5) is 0 Å². The molecule has 0 spiro atoms. The summed E-state index contributed by atoms with van der Waals surface area (Å²) in [5.74, 6) is 0.808. The molecule has 21 heavy (non-hydrogen) atoms. The molecule has 1 aromatic carbocycles. The Bertz CT molecular complexity index is 653. The van der Waals surface area contributed by atoms with Crippen molar-refractivity contribution in [2.24, 2.45) is 10.7 Å².